The number of carbonyl (C=O) groups is 1. The van der Waals surface area contributed by atoms with Gasteiger partial charge in [-0.2, -0.15) is 0 Å². The standard InChI is InChI=1S/C18H14Cl2N4O2/c19-10-1-2-12(14(20)5-10)13-6-21-7-15-17(13)23-16(8-22-15)18(26)24-4-3-11(25)9-24/h1-2,5-8,11,25H,3-4,9H2. The summed E-state index contributed by atoms with van der Waals surface area (Å²) in [6.45, 7) is 0.816. The fourth-order valence-corrected chi connectivity index (χ4v) is 3.54. The van der Waals surface area contributed by atoms with Gasteiger partial charge in [-0.3, -0.25) is 14.8 Å². The zero-order valence-electron chi connectivity index (χ0n) is 13.6. The Morgan fingerprint density at radius 3 is 2.77 bits per heavy atom. The molecule has 1 unspecified atom stereocenters. The molecule has 1 N–H and O–H groups in total. The lowest BCUT2D eigenvalue weighted by atomic mass is 10.1. The van der Waals surface area contributed by atoms with E-state index in [4.69, 9.17) is 23.2 Å². The molecule has 4 rings (SSSR count). The first kappa shape index (κ1) is 17.1. The van der Waals surface area contributed by atoms with Gasteiger partial charge < -0.3 is 10.0 Å². The maximum absolute atomic E-state index is 12.6. The van der Waals surface area contributed by atoms with Crippen molar-refractivity contribution in [3.63, 3.8) is 0 Å². The van der Waals surface area contributed by atoms with Gasteiger partial charge in [-0.1, -0.05) is 29.3 Å². The van der Waals surface area contributed by atoms with Crippen LogP contribution in [0.1, 0.15) is 16.9 Å². The number of hydrogen-bond acceptors (Lipinski definition) is 5. The van der Waals surface area contributed by atoms with Crippen LogP contribution in [0.15, 0.2) is 36.8 Å². The molecule has 1 aliphatic rings. The van der Waals surface area contributed by atoms with Gasteiger partial charge in [0, 0.05) is 35.4 Å². The highest BCUT2D eigenvalue weighted by atomic mass is 35.5. The van der Waals surface area contributed by atoms with E-state index in [0.717, 1.165) is 0 Å². The molecule has 0 saturated carbocycles. The molecule has 0 spiro atoms. The van der Waals surface area contributed by atoms with E-state index in [1.165, 1.54) is 6.20 Å². The number of hydrogen-bond donors (Lipinski definition) is 1. The van der Waals surface area contributed by atoms with Gasteiger partial charge in [-0.15, -0.1) is 0 Å². The van der Waals surface area contributed by atoms with E-state index in [-0.39, 0.29) is 11.6 Å². The Hall–Kier alpha value is -2.28. The van der Waals surface area contributed by atoms with Crippen molar-refractivity contribution in [1.29, 1.82) is 0 Å². The van der Waals surface area contributed by atoms with Crippen molar-refractivity contribution >= 4 is 40.1 Å². The van der Waals surface area contributed by atoms with E-state index in [0.29, 0.717) is 51.7 Å². The monoisotopic (exact) mass is 388 g/mol. The molecule has 0 bridgehead atoms. The summed E-state index contributed by atoms with van der Waals surface area (Å²) < 4.78 is 0. The first-order valence-corrected chi connectivity index (χ1v) is 8.82. The van der Waals surface area contributed by atoms with Gasteiger partial charge in [-0.05, 0) is 18.6 Å². The molecular weight excluding hydrogens is 375 g/mol. The van der Waals surface area contributed by atoms with Gasteiger partial charge in [0.05, 0.1) is 23.5 Å². The summed E-state index contributed by atoms with van der Waals surface area (Å²) in [7, 11) is 0. The van der Waals surface area contributed by atoms with Crippen LogP contribution in [0.5, 0.6) is 0 Å². The first-order valence-electron chi connectivity index (χ1n) is 8.06. The minimum Gasteiger partial charge on any atom is -0.391 e. The largest absolute Gasteiger partial charge is 0.391 e. The van der Waals surface area contributed by atoms with Crippen LogP contribution in [0.4, 0.5) is 0 Å². The number of nitrogens with zero attached hydrogens (tertiary/aromatic N) is 4. The van der Waals surface area contributed by atoms with Crippen molar-refractivity contribution in [3.8, 4) is 11.1 Å². The lowest BCUT2D eigenvalue weighted by Crippen LogP contribution is -2.30. The van der Waals surface area contributed by atoms with E-state index in [1.54, 1.807) is 35.5 Å². The summed E-state index contributed by atoms with van der Waals surface area (Å²) in [6, 6.07) is 5.16. The molecule has 1 aromatic carbocycles. The van der Waals surface area contributed by atoms with Crippen molar-refractivity contribution in [2.24, 2.45) is 0 Å². The van der Waals surface area contributed by atoms with Crippen molar-refractivity contribution in [3.05, 3.63) is 52.5 Å². The van der Waals surface area contributed by atoms with Crippen LogP contribution in [0.25, 0.3) is 22.2 Å². The molecule has 0 radical (unpaired) electrons. The topological polar surface area (TPSA) is 79.2 Å². The summed E-state index contributed by atoms with van der Waals surface area (Å²) in [6.07, 6.45) is 4.75. The minimum atomic E-state index is -0.486. The fraction of sp³-hybridized carbons (Fsp3) is 0.222. The number of likely N-dealkylation sites (tertiary alicyclic amines) is 1. The van der Waals surface area contributed by atoms with Gasteiger partial charge in [-0.25, -0.2) is 4.98 Å². The molecule has 0 aliphatic carbocycles. The first-order chi connectivity index (χ1) is 12.5. The molecule has 1 amide bonds. The number of aliphatic hydroxyl groups excluding tert-OH is 1. The maximum Gasteiger partial charge on any atom is 0.274 e. The number of benzene rings is 1. The number of β-amino-alcohol motifs (C(OH)–C–C–N with tert-alkyl or cyclic N) is 1. The molecule has 2 aromatic heterocycles. The van der Waals surface area contributed by atoms with Gasteiger partial charge in [0.2, 0.25) is 0 Å². The lowest BCUT2D eigenvalue weighted by molar-refractivity contribution is 0.0759. The average Bonchev–Trinajstić information content (AvgIpc) is 3.07. The molecule has 1 atom stereocenters. The van der Waals surface area contributed by atoms with E-state index < -0.39 is 6.10 Å². The van der Waals surface area contributed by atoms with Gasteiger partial charge in [0.1, 0.15) is 16.7 Å². The third kappa shape index (κ3) is 3.11. The Morgan fingerprint density at radius 2 is 2.04 bits per heavy atom. The second-order valence-electron chi connectivity index (χ2n) is 6.13. The smallest absolute Gasteiger partial charge is 0.274 e. The van der Waals surface area contributed by atoms with Gasteiger partial charge in [0.15, 0.2) is 0 Å². The third-order valence-corrected chi connectivity index (χ3v) is 4.90. The quantitative estimate of drug-likeness (QED) is 0.728. The Kier molecular flexibility index (Phi) is 4.48. The minimum absolute atomic E-state index is 0.226. The molecule has 132 valence electrons. The number of fused-ring (bicyclic) bond motifs is 1. The molecular formula is C18H14Cl2N4O2. The second-order valence-corrected chi connectivity index (χ2v) is 6.97. The van der Waals surface area contributed by atoms with Crippen LogP contribution >= 0.6 is 23.2 Å². The summed E-state index contributed by atoms with van der Waals surface area (Å²) in [4.78, 5) is 27.3. The molecule has 1 aliphatic heterocycles. The molecule has 8 heteroatoms. The summed E-state index contributed by atoms with van der Waals surface area (Å²) in [5.41, 5.74) is 2.71. The number of aromatic nitrogens is 3. The van der Waals surface area contributed by atoms with Gasteiger partial charge >= 0.3 is 0 Å². The van der Waals surface area contributed by atoms with Crippen LogP contribution in [-0.2, 0) is 0 Å². The van der Waals surface area contributed by atoms with Crippen molar-refractivity contribution in [2.45, 2.75) is 12.5 Å². The van der Waals surface area contributed by atoms with Crippen molar-refractivity contribution in [1.82, 2.24) is 19.9 Å². The number of aliphatic hydroxyl groups is 1. The summed E-state index contributed by atoms with van der Waals surface area (Å²) >= 11 is 12.3. The molecule has 3 heterocycles. The predicted octanol–water partition coefficient (Wildman–Crippen LogP) is 3.21. The zero-order valence-corrected chi connectivity index (χ0v) is 15.1. The van der Waals surface area contributed by atoms with E-state index >= 15 is 0 Å². The molecule has 1 saturated heterocycles. The Morgan fingerprint density at radius 1 is 1.19 bits per heavy atom. The normalized spacial score (nSPS) is 17.0. The number of carbonyl (C=O) groups excluding carboxylic acids is 1. The number of amides is 1. The Balaban J connectivity index is 1.81. The van der Waals surface area contributed by atoms with Crippen LogP contribution in [0.3, 0.4) is 0 Å². The van der Waals surface area contributed by atoms with E-state index in [1.807, 2.05) is 0 Å². The van der Waals surface area contributed by atoms with Crippen molar-refractivity contribution < 1.29 is 9.90 Å². The van der Waals surface area contributed by atoms with Crippen LogP contribution < -0.4 is 0 Å². The lowest BCUT2D eigenvalue weighted by Gasteiger charge is -2.15. The van der Waals surface area contributed by atoms with Crippen molar-refractivity contribution in [2.75, 3.05) is 13.1 Å². The molecule has 1 fully saturated rings. The third-order valence-electron chi connectivity index (χ3n) is 4.35. The molecule has 26 heavy (non-hydrogen) atoms. The van der Waals surface area contributed by atoms with Crippen LogP contribution in [0, 0.1) is 0 Å². The van der Waals surface area contributed by atoms with E-state index in [9.17, 15) is 9.90 Å². The van der Waals surface area contributed by atoms with E-state index in [2.05, 4.69) is 15.0 Å². The average molecular weight is 389 g/mol. The Bertz CT molecular complexity index is 1010. The Labute approximate surface area is 159 Å². The number of halogens is 2. The number of rotatable bonds is 2. The fourth-order valence-electron chi connectivity index (χ4n) is 3.03. The van der Waals surface area contributed by atoms with Crippen LogP contribution in [-0.4, -0.2) is 50.1 Å². The molecule has 6 nitrogen and oxygen atoms in total. The summed E-state index contributed by atoms with van der Waals surface area (Å²) in [5.74, 6) is -0.249. The predicted molar refractivity (Wildman–Crippen MR) is 99.3 cm³/mol. The van der Waals surface area contributed by atoms with Gasteiger partial charge in [0.25, 0.3) is 5.91 Å². The maximum atomic E-state index is 12.6. The highest BCUT2D eigenvalue weighted by molar-refractivity contribution is 6.36. The zero-order chi connectivity index (χ0) is 18.3. The second kappa shape index (κ2) is 6.79. The highest BCUT2D eigenvalue weighted by Gasteiger charge is 2.26. The van der Waals surface area contributed by atoms with Crippen LogP contribution in [0.2, 0.25) is 10.0 Å². The summed E-state index contributed by atoms with van der Waals surface area (Å²) in [5, 5.41) is 10.6. The number of pyridine rings is 1. The molecule has 3 aromatic rings. The highest BCUT2D eigenvalue weighted by Crippen LogP contribution is 2.33. The SMILES string of the molecule is O=C(c1cnc2cncc(-c3ccc(Cl)cc3Cl)c2n1)N1CCC(O)C1.